The molecule has 1 fully saturated rings. The van der Waals surface area contributed by atoms with E-state index in [1.165, 1.54) is 30.5 Å². The SMILES string of the molecule is O=C(c1ccnc(Cl)c1)N1CC2(CCN(C/C=C/c3ccc(F)cc3F)CC2)c2cc(F)ccc21. The van der Waals surface area contributed by atoms with Gasteiger partial charge >= 0.3 is 0 Å². The maximum atomic E-state index is 14.3. The van der Waals surface area contributed by atoms with Crippen LogP contribution in [0.4, 0.5) is 18.9 Å². The Bertz CT molecular complexity index is 1300. The van der Waals surface area contributed by atoms with Crippen LogP contribution in [-0.2, 0) is 5.41 Å². The molecule has 1 amide bonds. The molecule has 0 aliphatic carbocycles. The van der Waals surface area contributed by atoms with E-state index in [1.807, 2.05) is 6.08 Å². The van der Waals surface area contributed by atoms with Crippen molar-refractivity contribution >= 4 is 29.3 Å². The summed E-state index contributed by atoms with van der Waals surface area (Å²) < 4.78 is 41.2. The number of carbonyl (C=O) groups excluding carboxylic acids is 1. The quantitative estimate of drug-likeness (QED) is 0.424. The average molecular weight is 498 g/mol. The Balaban J connectivity index is 1.31. The zero-order valence-electron chi connectivity index (χ0n) is 18.9. The van der Waals surface area contributed by atoms with Crippen LogP contribution in [0.2, 0.25) is 5.15 Å². The maximum Gasteiger partial charge on any atom is 0.258 e. The lowest BCUT2D eigenvalue weighted by Crippen LogP contribution is -2.46. The van der Waals surface area contributed by atoms with Gasteiger partial charge in [-0.3, -0.25) is 9.69 Å². The summed E-state index contributed by atoms with van der Waals surface area (Å²) in [6.45, 7) is 2.57. The number of pyridine rings is 1. The summed E-state index contributed by atoms with van der Waals surface area (Å²) in [4.78, 5) is 21.2. The van der Waals surface area contributed by atoms with Crippen LogP contribution >= 0.6 is 11.6 Å². The molecule has 35 heavy (non-hydrogen) atoms. The lowest BCUT2D eigenvalue weighted by molar-refractivity contribution is 0.0977. The number of hydrogen-bond acceptors (Lipinski definition) is 3. The molecule has 0 bridgehead atoms. The number of hydrogen-bond donors (Lipinski definition) is 0. The summed E-state index contributed by atoms with van der Waals surface area (Å²) in [6, 6.07) is 11.3. The van der Waals surface area contributed by atoms with Crippen molar-refractivity contribution in [3.05, 3.63) is 100 Å². The molecule has 0 unspecified atom stereocenters. The minimum atomic E-state index is -0.603. The van der Waals surface area contributed by atoms with Crippen molar-refractivity contribution in [3.63, 3.8) is 0 Å². The number of carbonyl (C=O) groups is 1. The Morgan fingerprint density at radius 1 is 1.03 bits per heavy atom. The second-order valence-corrected chi connectivity index (χ2v) is 9.46. The first kappa shape index (κ1) is 23.6. The zero-order valence-corrected chi connectivity index (χ0v) is 19.6. The molecular formula is C27H23ClF3N3O. The molecule has 1 saturated heterocycles. The Hall–Kier alpha value is -3.16. The first-order valence-electron chi connectivity index (χ1n) is 11.4. The summed E-state index contributed by atoms with van der Waals surface area (Å²) in [5.74, 6) is -1.71. The third kappa shape index (κ3) is 4.70. The number of fused-ring (bicyclic) bond motifs is 2. The van der Waals surface area contributed by atoms with E-state index in [2.05, 4.69) is 9.88 Å². The number of rotatable bonds is 4. The van der Waals surface area contributed by atoms with Crippen LogP contribution in [-0.4, -0.2) is 42.0 Å². The van der Waals surface area contributed by atoms with Gasteiger partial charge in [0.2, 0.25) is 0 Å². The van der Waals surface area contributed by atoms with Crippen LogP contribution in [0.25, 0.3) is 6.08 Å². The van der Waals surface area contributed by atoms with Crippen LogP contribution in [0.3, 0.4) is 0 Å². The van der Waals surface area contributed by atoms with Gasteiger partial charge in [-0.25, -0.2) is 18.2 Å². The Labute approximate surface area is 206 Å². The number of amides is 1. The summed E-state index contributed by atoms with van der Waals surface area (Å²) >= 11 is 5.99. The minimum absolute atomic E-state index is 0.189. The first-order chi connectivity index (χ1) is 16.8. The van der Waals surface area contributed by atoms with Gasteiger partial charge in [-0.15, -0.1) is 0 Å². The van der Waals surface area contributed by atoms with E-state index in [9.17, 15) is 18.0 Å². The van der Waals surface area contributed by atoms with E-state index in [0.717, 1.165) is 43.2 Å². The summed E-state index contributed by atoms with van der Waals surface area (Å²) in [6.07, 6.45) is 6.52. The molecule has 0 radical (unpaired) electrons. The van der Waals surface area contributed by atoms with Gasteiger partial charge in [-0.2, -0.15) is 0 Å². The fraction of sp³-hybridized carbons (Fsp3) is 0.259. The van der Waals surface area contributed by atoms with Gasteiger partial charge in [0.05, 0.1) is 0 Å². The van der Waals surface area contributed by atoms with Gasteiger partial charge in [0, 0.05) is 47.6 Å². The number of halogens is 4. The first-order valence-corrected chi connectivity index (χ1v) is 11.8. The zero-order chi connectivity index (χ0) is 24.6. The fourth-order valence-corrected chi connectivity index (χ4v) is 5.24. The number of anilines is 1. The molecule has 1 aromatic heterocycles. The molecule has 3 aromatic rings. The minimum Gasteiger partial charge on any atom is -0.307 e. The molecule has 5 rings (SSSR count). The number of piperidine rings is 1. The Morgan fingerprint density at radius 3 is 2.51 bits per heavy atom. The highest BCUT2D eigenvalue weighted by molar-refractivity contribution is 6.29. The van der Waals surface area contributed by atoms with Crippen LogP contribution in [0.15, 0.2) is 60.8 Å². The maximum absolute atomic E-state index is 14.3. The number of benzene rings is 2. The van der Waals surface area contributed by atoms with E-state index < -0.39 is 11.6 Å². The molecular weight excluding hydrogens is 475 g/mol. The largest absolute Gasteiger partial charge is 0.307 e. The van der Waals surface area contributed by atoms with Crippen molar-refractivity contribution in [3.8, 4) is 0 Å². The summed E-state index contributed by atoms with van der Waals surface area (Å²) in [5.41, 5.74) is 2.02. The molecule has 1 spiro atoms. The molecule has 2 aromatic carbocycles. The van der Waals surface area contributed by atoms with Gasteiger partial charge in [0.25, 0.3) is 5.91 Å². The molecule has 180 valence electrons. The third-order valence-corrected chi connectivity index (χ3v) is 7.14. The van der Waals surface area contributed by atoms with Crippen LogP contribution in [0, 0.1) is 17.5 Å². The molecule has 4 nitrogen and oxygen atoms in total. The highest BCUT2D eigenvalue weighted by Gasteiger charge is 2.46. The van der Waals surface area contributed by atoms with Crippen molar-refractivity contribution in [2.75, 3.05) is 31.1 Å². The standard InChI is InChI=1S/C27H23ClF3N3O/c28-25-14-19(7-10-32-25)26(35)34-17-27(22-15-20(29)5-6-24(22)34)8-12-33(13-9-27)11-1-2-18-3-4-21(30)16-23(18)31/h1-7,10,14-16H,8-9,11-13,17H2/b2-1+. The second-order valence-electron chi connectivity index (χ2n) is 9.07. The van der Waals surface area contributed by atoms with Crippen LogP contribution in [0.1, 0.15) is 34.3 Å². The predicted molar refractivity (Wildman–Crippen MR) is 130 cm³/mol. The predicted octanol–water partition coefficient (Wildman–Crippen LogP) is 5.86. The van der Waals surface area contributed by atoms with Gasteiger partial charge in [-0.05, 0) is 74.0 Å². The monoisotopic (exact) mass is 497 g/mol. The number of nitrogens with zero attached hydrogens (tertiary/aromatic N) is 3. The van der Waals surface area contributed by atoms with Crippen LogP contribution < -0.4 is 4.90 Å². The van der Waals surface area contributed by atoms with E-state index in [-0.39, 0.29) is 22.3 Å². The van der Waals surface area contributed by atoms with Crippen molar-refractivity contribution in [2.24, 2.45) is 0 Å². The molecule has 3 heterocycles. The van der Waals surface area contributed by atoms with Crippen molar-refractivity contribution < 1.29 is 18.0 Å². The average Bonchev–Trinajstić information content (AvgIpc) is 3.14. The molecule has 2 aliphatic rings. The fourth-order valence-electron chi connectivity index (χ4n) is 5.07. The van der Waals surface area contributed by atoms with E-state index in [1.54, 1.807) is 29.2 Å². The van der Waals surface area contributed by atoms with Gasteiger partial charge < -0.3 is 4.90 Å². The number of likely N-dealkylation sites (tertiary alicyclic amines) is 1. The molecule has 2 aliphatic heterocycles. The molecule has 8 heteroatoms. The summed E-state index contributed by atoms with van der Waals surface area (Å²) in [7, 11) is 0. The Morgan fingerprint density at radius 2 is 1.77 bits per heavy atom. The van der Waals surface area contributed by atoms with Crippen molar-refractivity contribution in [1.29, 1.82) is 0 Å². The third-order valence-electron chi connectivity index (χ3n) is 6.94. The van der Waals surface area contributed by atoms with E-state index in [4.69, 9.17) is 11.6 Å². The van der Waals surface area contributed by atoms with Gasteiger partial charge in [-0.1, -0.05) is 23.8 Å². The second kappa shape index (κ2) is 9.47. The molecule has 0 N–H and O–H groups in total. The Kier molecular flexibility index (Phi) is 6.38. The molecule has 0 saturated carbocycles. The van der Waals surface area contributed by atoms with E-state index >= 15 is 0 Å². The van der Waals surface area contributed by atoms with Crippen LogP contribution in [0.5, 0.6) is 0 Å². The molecule has 0 atom stereocenters. The van der Waals surface area contributed by atoms with Crippen molar-refractivity contribution in [1.82, 2.24) is 9.88 Å². The lowest BCUT2D eigenvalue weighted by atomic mass is 9.74. The van der Waals surface area contributed by atoms with Gasteiger partial charge in [0.1, 0.15) is 22.6 Å². The van der Waals surface area contributed by atoms with Crippen molar-refractivity contribution in [2.45, 2.75) is 18.3 Å². The highest BCUT2D eigenvalue weighted by atomic mass is 35.5. The normalized spacial score (nSPS) is 17.3. The summed E-state index contributed by atoms with van der Waals surface area (Å²) in [5, 5.41) is 0.242. The number of aromatic nitrogens is 1. The van der Waals surface area contributed by atoms with Gasteiger partial charge in [0.15, 0.2) is 0 Å². The van der Waals surface area contributed by atoms with E-state index in [0.29, 0.717) is 24.2 Å². The topological polar surface area (TPSA) is 36.4 Å². The highest BCUT2D eigenvalue weighted by Crippen LogP contribution is 2.47. The smallest absolute Gasteiger partial charge is 0.258 e. The lowest BCUT2D eigenvalue weighted by Gasteiger charge is -2.39.